The summed E-state index contributed by atoms with van der Waals surface area (Å²) in [6.45, 7) is 38.3. The summed E-state index contributed by atoms with van der Waals surface area (Å²) in [6, 6.07) is 27.4. The fourth-order valence-corrected chi connectivity index (χ4v) is 19.6. The van der Waals surface area contributed by atoms with Crippen LogP contribution in [0.15, 0.2) is 87.3 Å². The van der Waals surface area contributed by atoms with Crippen LogP contribution in [0.25, 0.3) is 0 Å². The molecule has 0 saturated carbocycles. The van der Waals surface area contributed by atoms with E-state index in [0.717, 1.165) is 0 Å². The van der Waals surface area contributed by atoms with Gasteiger partial charge in [0, 0.05) is 0 Å². The van der Waals surface area contributed by atoms with Gasteiger partial charge >= 0.3 is 288 Å². The summed E-state index contributed by atoms with van der Waals surface area (Å²) in [5, 5.41) is 4.77. The first kappa shape index (κ1) is 45.0. The van der Waals surface area contributed by atoms with E-state index in [9.17, 15) is 0 Å². The van der Waals surface area contributed by atoms with Crippen LogP contribution in [0.4, 0.5) is 0 Å². The van der Waals surface area contributed by atoms with Crippen LogP contribution in [0.2, 0.25) is 0 Å². The van der Waals surface area contributed by atoms with E-state index in [-0.39, 0.29) is 58.9 Å². The smallest absolute Gasteiger partial charge is 0.147 e. The van der Waals surface area contributed by atoms with E-state index in [1.165, 1.54) is 27.8 Å². The molecule has 3 aromatic rings. The van der Waals surface area contributed by atoms with Gasteiger partial charge in [0.05, 0.1) is 0 Å². The van der Waals surface area contributed by atoms with Crippen molar-refractivity contribution in [2.45, 2.75) is 132 Å². The molecule has 0 heterocycles. The SMILES string of the molecule is CC1=C(C)C(C)[C]([Ti][Si](c2ccccc2)(c2cc(C(C)(C)C)cc(C(C)(C)C)c2)c2cc(C(C)(C)C)cc(C(C)(C)C)c2)=C1C.Cl.Cl.Cl. The summed E-state index contributed by atoms with van der Waals surface area (Å²) in [4.78, 5) is 0. The van der Waals surface area contributed by atoms with Crippen molar-refractivity contribution in [3.05, 3.63) is 110 Å². The normalized spacial score (nSPS) is 15.9. The average molecular weight is 762 g/mol. The molecule has 1 aliphatic carbocycles. The monoisotopic (exact) mass is 760 g/mol. The number of allylic oxidation sites excluding steroid dienone is 4. The summed E-state index contributed by atoms with van der Waals surface area (Å²) in [7, 11) is 0. The van der Waals surface area contributed by atoms with Gasteiger partial charge in [-0.1, -0.05) is 0 Å². The van der Waals surface area contributed by atoms with Gasteiger partial charge in [0.25, 0.3) is 0 Å². The van der Waals surface area contributed by atoms with Crippen molar-refractivity contribution in [2.24, 2.45) is 5.92 Å². The molecule has 1 unspecified atom stereocenters. The summed E-state index contributed by atoms with van der Waals surface area (Å²) < 4.78 is 1.76. The largest absolute Gasteiger partial charge is 0.147 e. The summed E-state index contributed by atoms with van der Waals surface area (Å²) in [5.74, 6) is -2.02. The second-order valence-corrected chi connectivity index (χ2v) is 26.9. The molecule has 5 heteroatoms. The van der Waals surface area contributed by atoms with Crippen LogP contribution >= 0.6 is 37.2 Å². The standard InChI is InChI=1S/C34H47Si.C9H13.3ClH.Ti/c1-31(2,3)24-18-25(32(4,5)6)21-29(20-24)35(28-16-14-13-15-17-28)30-22-26(33(7,8)9)19-27(23-30)34(10,11)12;1-6-5-7(2)9(4)8(6)3;;;;/h13-23H,1-12H3;6H,1-4H3;3*1H;. The Morgan fingerprint density at radius 2 is 0.812 bits per heavy atom. The van der Waals surface area contributed by atoms with Crippen LogP contribution in [-0.4, -0.2) is 5.94 Å². The third kappa shape index (κ3) is 9.05. The molecular weight excluding hydrogens is 699 g/mol. The number of hydrogen-bond acceptors (Lipinski definition) is 0. The van der Waals surface area contributed by atoms with Crippen LogP contribution in [0.3, 0.4) is 0 Å². The van der Waals surface area contributed by atoms with E-state index >= 15 is 0 Å². The zero-order chi connectivity index (χ0) is 33.9. The molecule has 0 aliphatic heterocycles. The van der Waals surface area contributed by atoms with Crippen molar-refractivity contribution in [3.8, 4) is 0 Å². The molecule has 0 bridgehead atoms. The van der Waals surface area contributed by atoms with Crippen LogP contribution in [0.5, 0.6) is 0 Å². The minimum atomic E-state index is -2.53. The molecule has 0 N–H and O–H groups in total. The molecule has 0 amide bonds. The average Bonchev–Trinajstić information content (AvgIpc) is 3.11. The molecule has 1 aliphatic rings. The predicted octanol–water partition coefficient (Wildman–Crippen LogP) is 11.5. The Hall–Kier alpha value is -1.06. The van der Waals surface area contributed by atoms with E-state index in [0.29, 0.717) is 5.92 Å². The second-order valence-electron chi connectivity index (χ2n) is 17.9. The van der Waals surface area contributed by atoms with Crippen LogP contribution in [0, 0.1) is 5.92 Å². The van der Waals surface area contributed by atoms with Gasteiger partial charge in [-0.2, -0.15) is 0 Å². The van der Waals surface area contributed by atoms with E-state index < -0.39 is 24.3 Å². The maximum atomic E-state index is 2.65. The van der Waals surface area contributed by atoms with E-state index in [1.54, 1.807) is 30.6 Å². The first-order chi connectivity index (χ1) is 20.5. The molecule has 264 valence electrons. The van der Waals surface area contributed by atoms with Gasteiger partial charge in [0.1, 0.15) is 0 Å². The molecule has 0 spiro atoms. The quantitative estimate of drug-likeness (QED) is 0.179. The Bertz CT molecular complexity index is 1500. The third-order valence-electron chi connectivity index (χ3n) is 10.4. The van der Waals surface area contributed by atoms with Crippen molar-refractivity contribution in [1.29, 1.82) is 0 Å². The summed E-state index contributed by atoms with van der Waals surface area (Å²) >= 11 is -0.630. The summed E-state index contributed by atoms with van der Waals surface area (Å²) in [6.07, 6.45) is 0. The Morgan fingerprint density at radius 3 is 1.08 bits per heavy atom. The molecule has 0 fully saturated rings. The molecule has 0 saturated heterocycles. The number of hydrogen-bond donors (Lipinski definition) is 0. The van der Waals surface area contributed by atoms with Crippen molar-refractivity contribution < 1.29 is 18.4 Å². The van der Waals surface area contributed by atoms with Crippen molar-refractivity contribution in [1.82, 2.24) is 0 Å². The van der Waals surface area contributed by atoms with E-state index in [1.807, 2.05) is 0 Å². The third-order valence-corrected chi connectivity index (χ3v) is 22.9. The van der Waals surface area contributed by atoms with Crippen LogP contribution in [0.1, 0.15) is 133 Å². The molecule has 48 heavy (non-hydrogen) atoms. The van der Waals surface area contributed by atoms with Crippen molar-refractivity contribution in [2.75, 3.05) is 0 Å². The Labute approximate surface area is 322 Å². The van der Waals surface area contributed by atoms with Gasteiger partial charge in [-0.05, 0) is 0 Å². The van der Waals surface area contributed by atoms with Gasteiger partial charge < -0.3 is 0 Å². The van der Waals surface area contributed by atoms with Gasteiger partial charge in [-0.15, -0.1) is 37.2 Å². The molecule has 1 atom stereocenters. The van der Waals surface area contributed by atoms with E-state index in [2.05, 4.69) is 178 Å². The number of halogens is 3. The molecule has 0 radical (unpaired) electrons. The molecule has 0 nitrogen and oxygen atoms in total. The van der Waals surface area contributed by atoms with E-state index in [4.69, 9.17) is 0 Å². The minimum absolute atomic E-state index is 0. The first-order valence-electron chi connectivity index (χ1n) is 17.0. The number of benzene rings is 3. The summed E-state index contributed by atoms with van der Waals surface area (Å²) in [5.41, 5.74) is 10.7. The topological polar surface area (TPSA) is 0 Å². The second kappa shape index (κ2) is 15.7. The Kier molecular flexibility index (Phi) is 14.7. The fraction of sp³-hybridized carbons (Fsp3) is 0.488. The maximum Gasteiger partial charge on any atom is -0.147 e. The molecular formula is C43H63Cl3SiTi. The van der Waals surface area contributed by atoms with Gasteiger partial charge in [-0.25, -0.2) is 0 Å². The molecule has 4 rings (SSSR count). The molecule has 0 aromatic heterocycles. The Balaban J connectivity index is 0.00000384. The van der Waals surface area contributed by atoms with Gasteiger partial charge in [0.2, 0.25) is 0 Å². The fourth-order valence-electron chi connectivity index (χ4n) is 6.59. The zero-order valence-electron chi connectivity index (χ0n) is 32.7. The molecule has 3 aromatic carbocycles. The first-order valence-corrected chi connectivity index (χ1v) is 22.2. The van der Waals surface area contributed by atoms with Gasteiger partial charge in [0.15, 0.2) is 0 Å². The predicted molar refractivity (Wildman–Crippen MR) is 221 cm³/mol. The minimum Gasteiger partial charge on any atom is -0.147 e. The van der Waals surface area contributed by atoms with Crippen molar-refractivity contribution >= 4 is 58.7 Å². The Morgan fingerprint density at radius 1 is 0.479 bits per heavy atom. The van der Waals surface area contributed by atoms with Crippen molar-refractivity contribution in [3.63, 3.8) is 0 Å². The maximum absolute atomic E-state index is 2.65. The van der Waals surface area contributed by atoms with Crippen LogP contribution in [-0.2, 0) is 40.1 Å². The van der Waals surface area contributed by atoms with Gasteiger partial charge in [-0.3, -0.25) is 0 Å². The van der Waals surface area contributed by atoms with Crippen LogP contribution < -0.4 is 15.6 Å². The number of rotatable bonds is 5. The zero-order valence-corrected chi connectivity index (χ0v) is 37.7.